The van der Waals surface area contributed by atoms with Gasteiger partial charge < -0.3 is 0 Å². The lowest BCUT2D eigenvalue weighted by molar-refractivity contribution is 0.348. The molecule has 0 aromatic heterocycles. The topological polar surface area (TPSA) is 0 Å². The van der Waals surface area contributed by atoms with Gasteiger partial charge in [0.2, 0.25) is 0 Å². The van der Waals surface area contributed by atoms with Crippen molar-refractivity contribution in [2.24, 2.45) is 5.92 Å². The molecule has 1 aliphatic rings. The van der Waals surface area contributed by atoms with Crippen LogP contribution in [0.5, 0.6) is 0 Å². The first-order chi connectivity index (χ1) is 10.3. The zero-order valence-electron chi connectivity index (χ0n) is 13.6. The zero-order valence-corrected chi connectivity index (χ0v) is 13.6. The summed E-state index contributed by atoms with van der Waals surface area (Å²) < 4.78 is 0. The van der Waals surface area contributed by atoms with E-state index in [9.17, 15) is 0 Å². The van der Waals surface area contributed by atoms with Crippen LogP contribution in [0.1, 0.15) is 69.4 Å². The Morgan fingerprint density at radius 3 is 2.38 bits per heavy atom. The summed E-state index contributed by atoms with van der Waals surface area (Å²) in [6.07, 6.45) is 9.34. The Hall–Kier alpha value is -1.30. The highest BCUT2D eigenvalue weighted by Gasteiger charge is 2.19. The van der Waals surface area contributed by atoms with Gasteiger partial charge >= 0.3 is 0 Å². The molecule has 0 unspecified atom stereocenters. The van der Waals surface area contributed by atoms with Crippen molar-refractivity contribution in [1.82, 2.24) is 0 Å². The van der Waals surface area contributed by atoms with E-state index in [-0.39, 0.29) is 0 Å². The molecule has 3 rings (SSSR count). The van der Waals surface area contributed by atoms with E-state index in [4.69, 9.17) is 0 Å². The largest absolute Gasteiger partial charge is 0.0654 e. The minimum absolute atomic E-state index is 0.797. The van der Waals surface area contributed by atoms with Crippen LogP contribution >= 0.6 is 0 Å². The van der Waals surface area contributed by atoms with Crippen molar-refractivity contribution in [2.45, 2.75) is 64.7 Å². The highest BCUT2D eigenvalue weighted by Crippen LogP contribution is 2.36. The number of hydrogen-bond acceptors (Lipinski definition) is 0. The molecular formula is C21H28. The Kier molecular flexibility index (Phi) is 4.63. The second kappa shape index (κ2) is 6.64. The van der Waals surface area contributed by atoms with Gasteiger partial charge in [-0.1, -0.05) is 69.5 Å². The van der Waals surface area contributed by atoms with Gasteiger partial charge in [0, 0.05) is 0 Å². The second-order valence-corrected chi connectivity index (χ2v) is 7.00. The summed E-state index contributed by atoms with van der Waals surface area (Å²) in [6, 6.07) is 14.2. The maximum absolute atomic E-state index is 2.44. The molecule has 0 amide bonds. The molecule has 0 radical (unpaired) electrons. The number of benzene rings is 2. The first kappa shape index (κ1) is 14.6. The van der Waals surface area contributed by atoms with E-state index in [0.29, 0.717) is 0 Å². The molecule has 0 spiro atoms. The van der Waals surface area contributed by atoms with Crippen LogP contribution in [0.3, 0.4) is 0 Å². The summed E-state index contributed by atoms with van der Waals surface area (Å²) in [4.78, 5) is 0. The molecule has 0 heteroatoms. The van der Waals surface area contributed by atoms with Crippen molar-refractivity contribution in [3.63, 3.8) is 0 Å². The molecule has 2 aromatic carbocycles. The van der Waals surface area contributed by atoms with Crippen molar-refractivity contribution >= 4 is 10.8 Å². The summed E-state index contributed by atoms with van der Waals surface area (Å²) in [7, 11) is 0. The molecule has 1 aliphatic carbocycles. The van der Waals surface area contributed by atoms with Gasteiger partial charge in [0.05, 0.1) is 0 Å². The smallest absolute Gasteiger partial charge is 0.0162 e. The second-order valence-electron chi connectivity index (χ2n) is 7.00. The van der Waals surface area contributed by atoms with Crippen molar-refractivity contribution in [3.05, 3.63) is 47.5 Å². The average Bonchev–Trinajstić information content (AvgIpc) is 2.53. The van der Waals surface area contributed by atoms with E-state index in [0.717, 1.165) is 11.8 Å². The van der Waals surface area contributed by atoms with Crippen molar-refractivity contribution in [2.75, 3.05) is 0 Å². The van der Waals surface area contributed by atoms with Crippen LogP contribution in [-0.4, -0.2) is 0 Å². The number of unbranched alkanes of at least 4 members (excludes halogenated alkanes) is 1. The molecule has 21 heavy (non-hydrogen) atoms. The van der Waals surface area contributed by atoms with Crippen LogP contribution in [0, 0.1) is 5.92 Å². The summed E-state index contributed by atoms with van der Waals surface area (Å²) in [6.45, 7) is 4.66. The highest BCUT2D eigenvalue weighted by molar-refractivity contribution is 5.84. The summed E-state index contributed by atoms with van der Waals surface area (Å²) in [5.74, 6) is 1.73. The van der Waals surface area contributed by atoms with Crippen molar-refractivity contribution in [1.29, 1.82) is 0 Å². The van der Waals surface area contributed by atoms with Gasteiger partial charge in [0.15, 0.2) is 0 Å². The predicted octanol–water partition coefficient (Wildman–Crippen LogP) is 6.48. The first-order valence-corrected chi connectivity index (χ1v) is 8.79. The lowest BCUT2D eigenvalue weighted by Gasteiger charge is -2.26. The molecule has 0 bridgehead atoms. The van der Waals surface area contributed by atoms with Gasteiger partial charge in [0.1, 0.15) is 0 Å². The van der Waals surface area contributed by atoms with E-state index in [2.05, 4.69) is 50.2 Å². The monoisotopic (exact) mass is 280 g/mol. The molecule has 0 aliphatic heterocycles. The lowest BCUT2D eigenvalue weighted by Crippen LogP contribution is -2.10. The summed E-state index contributed by atoms with van der Waals surface area (Å²) in [5, 5.41) is 2.84. The van der Waals surface area contributed by atoms with Crippen LogP contribution < -0.4 is 0 Å². The Balaban J connectivity index is 1.80. The summed E-state index contributed by atoms with van der Waals surface area (Å²) >= 11 is 0. The minimum atomic E-state index is 0.797. The molecule has 2 aromatic rings. The van der Waals surface area contributed by atoms with Crippen LogP contribution in [-0.2, 0) is 6.42 Å². The van der Waals surface area contributed by atoms with E-state index >= 15 is 0 Å². The standard InChI is InChI=1S/C21H28/c1-3-4-5-17-8-11-21-15-20(13-12-19(21)14-17)18-9-6-16(2)7-10-18/h8,11-16,18H,3-7,9-10H2,1-2H3/t16-,18-. The number of hydrogen-bond donors (Lipinski definition) is 0. The molecule has 0 N–H and O–H groups in total. The minimum Gasteiger partial charge on any atom is -0.0654 e. The molecule has 1 fully saturated rings. The Morgan fingerprint density at radius 2 is 1.62 bits per heavy atom. The van der Waals surface area contributed by atoms with E-state index in [1.54, 1.807) is 5.56 Å². The SMILES string of the molecule is CCCCc1ccc2cc([C@H]3CC[C@H](C)CC3)ccc2c1. The maximum Gasteiger partial charge on any atom is -0.0162 e. The average molecular weight is 280 g/mol. The fourth-order valence-electron chi connectivity index (χ4n) is 3.70. The predicted molar refractivity (Wildman–Crippen MR) is 92.9 cm³/mol. The van der Waals surface area contributed by atoms with Crippen molar-refractivity contribution in [3.8, 4) is 0 Å². The quantitative estimate of drug-likeness (QED) is 0.601. The summed E-state index contributed by atoms with van der Waals surface area (Å²) in [5.41, 5.74) is 3.05. The van der Waals surface area contributed by atoms with Gasteiger partial charge in [-0.15, -0.1) is 0 Å². The van der Waals surface area contributed by atoms with E-state index in [1.165, 1.54) is 61.3 Å². The number of aryl methyl sites for hydroxylation is 1. The third-order valence-electron chi connectivity index (χ3n) is 5.23. The Morgan fingerprint density at radius 1 is 0.905 bits per heavy atom. The third kappa shape index (κ3) is 3.48. The molecule has 0 nitrogen and oxygen atoms in total. The van der Waals surface area contributed by atoms with Crippen molar-refractivity contribution < 1.29 is 0 Å². The van der Waals surface area contributed by atoms with Crippen LogP contribution in [0.4, 0.5) is 0 Å². The van der Waals surface area contributed by atoms with Gasteiger partial charge in [-0.2, -0.15) is 0 Å². The van der Waals surface area contributed by atoms with Crippen LogP contribution in [0.2, 0.25) is 0 Å². The van der Waals surface area contributed by atoms with Gasteiger partial charge in [-0.05, 0) is 59.4 Å². The van der Waals surface area contributed by atoms with E-state index < -0.39 is 0 Å². The van der Waals surface area contributed by atoms with Gasteiger partial charge in [-0.25, -0.2) is 0 Å². The third-order valence-corrected chi connectivity index (χ3v) is 5.23. The first-order valence-electron chi connectivity index (χ1n) is 8.79. The Labute approximate surface area is 129 Å². The van der Waals surface area contributed by atoms with E-state index in [1.807, 2.05) is 0 Å². The van der Waals surface area contributed by atoms with Crippen LogP contribution in [0.25, 0.3) is 10.8 Å². The number of fused-ring (bicyclic) bond motifs is 1. The fraction of sp³-hybridized carbons (Fsp3) is 0.524. The van der Waals surface area contributed by atoms with Gasteiger partial charge in [-0.3, -0.25) is 0 Å². The molecule has 1 saturated carbocycles. The van der Waals surface area contributed by atoms with Gasteiger partial charge in [0.25, 0.3) is 0 Å². The normalized spacial score (nSPS) is 22.6. The number of rotatable bonds is 4. The highest BCUT2D eigenvalue weighted by atomic mass is 14.2. The molecule has 0 saturated heterocycles. The van der Waals surface area contributed by atoms with Crippen LogP contribution in [0.15, 0.2) is 36.4 Å². The zero-order chi connectivity index (χ0) is 14.7. The molecular weight excluding hydrogens is 252 g/mol. The maximum atomic E-state index is 2.44. The molecule has 0 heterocycles. The molecule has 112 valence electrons. The molecule has 0 atom stereocenters. The fourth-order valence-corrected chi connectivity index (χ4v) is 3.70. The lowest BCUT2D eigenvalue weighted by atomic mass is 9.79. The Bertz CT molecular complexity index is 588.